The van der Waals surface area contributed by atoms with Gasteiger partial charge in [-0.25, -0.2) is 0 Å². The average Bonchev–Trinajstić information content (AvgIpc) is 0.776. The second-order valence-electron chi connectivity index (χ2n) is 36.4. The molecule has 598 valence electrons. The van der Waals surface area contributed by atoms with E-state index in [-0.39, 0.29) is 0 Å². The van der Waals surface area contributed by atoms with Crippen LogP contribution in [0.3, 0.4) is 0 Å². The summed E-state index contributed by atoms with van der Waals surface area (Å²) in [6, 6.07) is 105. The lowest BCUT2D eigenvalue weighted by molar-refractivity contribution is 0.391. The van der Waals surface area contributed by atoms with Crippen molar-refractivity contribution in [2.24, 2.45) is 0 Å². The normalized spacial score (nSPS) is 13.8. The molecule has 0 aliphatic carbocycles. The van der Waals surface area contributed by atoms with Crippen molar-refractivity contribution in [1.82, 2.24) is 0 Å². The number of hydrogen-bond acceptors (Lipinski definition) is 10. The summed E-state index contributed by atoms with van der Waals surface area (Å²) in [7, 11) is -42.1. The van der Waals surface area contributed by atoms with Gasteiger partial charge in [0.2, 0.25) is 16.6 Å². The highest BCUT2D eigenvalue weighted by molar-refractivity contribution is 7.07. The van der Waals surface area contributed by atoms with Crippen molar-refractivity contribution in [1.29, 1.82) is 0 Å². The molecule has 0 unspecified atom stereocenters. The minimum atomic E-state index is -3.44. The zero-order valence-corrected chi connectivity index (χ0v) is 86.3. The molecule has 0 saturated carbocycles. The van der Waals surface area contributed by atoms with Crippen LogP contribution in [-0.2, 0) is 41.2 Å². The first-order valence-corrected chi connectivity index (χ1v) is 80.7. The van der Waals surface area contributed by atoms with E-state index in [0.717, 1.165) is 95.0 Å². The second-order valence-corrected chi connectivity index (χ2v) is 96.0. The van der Waals surface area contributed by atoms with Crippen LogP contribution in [0.1, 0.15) is 0 Å². The first kappa shape index (κ1) is 91.2. The van der Waals surface area contributed by atoms with Gasteiger partial charge in [0.05, 0.1) is 0 Å². The van der Waals surface area contributed by atoms with Crippen molar-refractivity contribution in [3.63, 3.8) is 0 Å². The Labute approximate surface area is 691 Å². The van der Waals surface area contributed by atoms with E-state index in [2.05, 4.69) is 424 Å². The van der Waals surface area contributed by atoms with Crippen LogP contribution in [0.5, 0.6) is 0 Å². The van der Waals surface area contributed by atoms with E-state index in [9.17, 15) is 0 Å². The van der Waals surface area contributed by atoms with Gasteiger partial charge in [0.25, 0.3) is 0 Å². The third-order valence-corrected chi connectivity index (χ3v) is 81.0. The Hall–Kier alpha value is -4.69. The number of rotatable bonds is 43. The predicted molar refractivity (Wildman–Crippen MR) is 514 cm³/mol. The molecule has 0 radical (unpaired) electrons. The predicted octanol–water partition coefficient (Wildman–Crippen LogP) is 18.7. The fourth-order valence-corrected chi connectivity index (χ4v) is 89.5. The van der Waals surface area contributed by atoms with E-state index < -0.39 is 126 Å². The van der Waals surface area contributed by atoms with E-state index in [4.69, 9.17) is 41.2 Å². The molecule has 9 aromatic rings. The molecule has 0 saturated heterocycles. The molecule has 25 heteroatoms. The monoisotopic (exact) mass is 1750 g/mol. The topological polar surface area (TPSA) is 92.3 Å². The Balaban J connectivity index is 0.949. The summed E-state index contributed by atoms with van der Waals surface area (Å²) in [5.41, 5.74) is 4.08. The molecular formula is C87H130O10Si15. The number of benzene rings is 9. The van der Waals surface area contributed by atoms with E-state index >= 15 is 0 Å². The molecular weight excluding hydrogens is 1630 g/mol. The molecule has 10 nitrogen and oxygen atoms in total. The third-order valence-electron chi connectivity index (χ3n) is 21.1. The zero-order chi connectivity index (χ0) is 81.7. The quantitative estimate of drug-likeness (QED) is 0.0344. The summed E-state index contributed by atoms with van der Waals surface area (Å²) in [4.78, 5) is 0. The van der Waals surface area contributed by atoms with Gasteiger partial charge in [-0.3, -0.25) is 0 Å². The van der Waals surface area contributed by atoms with Crippen LogP contribution in [0, 0.1) is 0 Å². The van der Waals surface area contributed by atoms with Crippen molar-refractivity contribution in [3.8, 4) is 0 Å². The van der Waals surface area contributed by atoms with Gasteiger partial charge < -0.3 is 41.2 Å². The molecule has 0 amide bonds. The average molecular weight is 1760 g/mol. The van der Waals surface area contributed by atoms with E-state index in [0.29, 0.717) is 0 Å². The highest BCUT2D eigenvalue weighted by Crippen LogP contribution is 2.37. The third kappa shape index (κ3) is 24.7. The molecule has 0 bridgehead atoms. The summed E-state index contributed by atoms with van der Waals surface area (Å²) >= 11 is 0. The van der Waals surface area contributed by atoms with Gasteiger partial charge in [0.15, 0.2) is 66.5 Å². The van der Waals surface area contributed by atoms with Crippen LogP contribution in [0.25, 0.3) is 0 Å². The maximum absolute atomic E-state index is 8.17. The Bertz CT molecular complexity index is 3990. The van der Waals surface area contributed by atoms with Crippen molar-refractivity contribution in [3.05, 3.63) is 298 Å². The first-order chi connectivity index (χ1) is 52.5. The van der Waals surface area contributed by atoms with Crippen LogP contribution < -0.4 is 46.7 Å². The summed E-state index contributed by atoms with van der Waals surface area (Å²) < 4.78 is 79.3. The Morgan fingerprint density at radius 3 is 0.446 bits per heavy atom. The Morgan fingerprint density at radius 2 is 0.304 bits per heavy atom. The molecule has 0 fully saturated rings. The lowest BCUT2D eigenvalue weighted by atomic mass is 10.4. The summed E-state index contributed by atoms with van der Waals surface area (Å²) in [6.45, 7) is 58.3. The molecule has 0 spiro atoms. The molecule has 0 aromatic heterocycles. The minimum Gasteiger partial charge on any atom is -0.433 e. The van der Waals surface area contributed by atoms with Gasteiger partial charge in [0, 0.05) is 0 Å². The lowest BCUT2D eigenvalue weighted by Crippen LogP contribution is -2.71. The molecule has 9 rings (SSSR count). The van der Waals surface area contributed by atoms with Gasteiger partial charge in [-0.1, -0.05) is 284 Å². The molecule has 0 aliphatic heterocycles. The van der Waals surface area contributed by atoms with E-state index in [1.807, 2.05) is 11.4 Å². The maximum atomic E-state index is 8.17. The summed E-state index contributed by atoms with van der Waals surface area (Å²) in [5, 5.41) is 10.2. The van der Waals surface area contributed by atoms with Crippen LogP contribution in [0.15, 0.2) is 298 Å². The maximum Gasteiger partial charge on any atom is 0.386 e. The van der Waals surface area contributed by atoms with Gasteiger partial charge in [-0.05, 0) is 233 Å². The smallest absolute Gasteiger partial charge is 0.386 e. The fraction of sp³-hybridized carbons (Fsp3) is 0.333. The second kappa shape index (κ2) is 37.5. The SMILES string of the molecule is C=C[Si](C)(C)O[Si](O[Si](C)(C)CC[Si](C)(C)O[Si](O[Si](C)(C)CC[Si](C)(C)O[Si](C)(O[Si](C)(C)CC[Si](C)(C)O[Si](O[Si](C)(C)CC[Si](C)(C)O[Si](O[Si](C)(C)C=C)(c1ccccc1)c1ccccc1)(c1ccccc1)c1ccccc1)c1ccccc1)(c1ccccc1)c1ccccc1)(c1ccccc1)c1ccccc1. The van der Waals surface area contributed by atoms with Crippen molar-refractivity contribution < 1.29 is 41.2 Å². The van der Waals surface area contributed by atoms with Crippen LogP contribution in [-0.4, -0.2) is 126 Å². The summed E-state index contributed by atoms with van der Waals surface area (Å²) in [6.07, 6.45) is 0. The zero-order valence-electron chi connectivity index (χ0n) is 71.3. The van der Waals surface area contributed by atoms with Crippen LogP contribution in [0.2, 0.25) is 186 Å². The van der Waals surface area contributed by atoms with Gasteiger partial charge in [-0.2, -0.15) is 0 Å². The standard InChI is InChI=1S/C87H130O10Si15/c1-24-98(3,4)90-109(80-55-37-27-38-56-80,81-57-39-28-40-58-81)92-104(15,16)75-77-106(19,20)96-111(84-63-45-31-46-64-84,85-65-47-32-48-66-85)94-102(11,12)73-71-100(7,8)88-108(23,79-53-35-26-36-54-79)89-101(9,10)72-74-103(13,14)95-112(86-67-49-33-50-68-86,87-69-51-34-52-70-87)97-107(21,22)78-76-105(17,18)93-110(91-99(5,6)25-2,82-59-41-29-42-60-82)83-61-43-30-44-62-83/h24-70H,1-2,71-78H2,3-23H3. The van der Waals surface area contributed by atoms with Crippen molar-refractivity contribution in [2.45, 2.75) is 186 Å². The van der Waals surface area contributed by atoms with Gasteiger partial charge in [0.1, 0.15) is 0 Å². The summed E-state index contributed by atoms with van der Waals surface area (Å²) in [5.74, 6) is 0. The molecule has 0 N–H and O–H groups in total. The van der Waals surface area contributed by atoms with Gasteiger partial charge in [-0.15, -0.1) is 13.2 Å². The molecule has 9 aromatic carbocycles. The van der Waals surface area contributed by atoms with Crippen LogP contribution >= 0.6 is 0 Å². The Morgan fingerprint density at radius 1 is 0.179 bits per heavy atom. The fourth-order valence-electron chi connectivity index (χ4n) is 14.9. The number of hydrogen-bond donors (Lipinski definition) is 0. The minimum absolute atomic E-state index is 0.891. The molecule has 0 aliphatic rings. The lowest BCUT2D eigenvalue weighted by Gasteiger charge is -2.46. The van der Waals surface area contributed by atoms with Crippen molar-refractivity contribution >= 4 is 173 Å². The van der Waals surface area contributed by atoms with Crippen LogP contribution in [0.4, 0.5) is 0 Å². The van der Waals surface area contributed by atoms with E-state index in [1.54, 1.807) is 0 Å². The largest absolute Gasteiger partial charge is 0.433 e. The van der Waals surface area contributed by atoms with Gasteiger partial charge >= 0.3 is 42.8 Å². The highest BCUT2D eigenvalue weighted by atomic mass is 28.5. The van der Waals surface area contributed by atoms with E-state index in [1.165, 1.54) is 0 Å². The molecule has 0 atom stereocenters. The highest BCUT2D eigenvalue weighted by Gasteiger charge is 2.57. The molecule has 112 heavy (non-hydrogen) atoms. The first-order valence-electron chi connectivity index (χ1n) is 40.3. The van der Waals surface area contributed by atoms with Crippen molar-refractivity contribution in [2.75, 3.05) is 0 Å². The molecule has 0 heterocycles. The Kier molecular flexibility index (Phi) is 30.5.